The molecule has 0 aliphatic heterocycles. The number of hydrogen-bond donors (Lipinski definition) is 4. The number of aromatic nitrogens is 5. The molecule has 1 aromatic carbocycles. The summed E-state index contributed by atoms with van der Waals surface area (Å²) < 4.78 is 20.0. The Morgan fingerprint density at radius 1 is 1.37 bits per heavy atom. The Balaban J connectivity index is 1.70. The molecule has 12 heteroatoms. The number of nitrogens with zero attached hydrogens (tertiary/aromatic N) is 6. The highest BCUT2D eigenvalue weighted by molar-refractivity contribution is 6.01. The van der Waals surface area contributed by atoms with E-state index in [9.17, 15) is 14.7 Å². The number of benzene rings is 1. The zero-order valence-corrected chi connectivity index (χ0v) is 14.2. The average Bonchev–Trinajstić information content (AvgIpc) is 3.31. The van der Waals surface area contributed by atoms with Crippen LogP contribution in [0.1, 0.15) is 24.4 Å². The Bertz CT molecular complexity index is 923. The normalized spacial score (nSPS) is 12.8. The molecule has 3 rings (SSSR count). The molecule has 0 bridgehead atoms. The molecule has 0 aliphatic carbocycles. The standard InChI is InChI=1S/C15H17FN8O3/c1-9(25)12-8-24(23-19-12)7-6-17-14-13(21-27-22-14)15(20-26)18-11-5-3-2-4-10(11)16/h2-5,8-9,25-26H,6-7H2,1H3,(H,17,22)(H,18,20). The summed E-state index contributed by atoms with van der Waals surface area (Å²) in [5, 5.41) is 36.8. The van der Waals surface area contributed by atoms with Crippen LogP contribution < -0.4 is 10.8 Å². The summed E-state index contributed by atoms with van der Waals surface area (Å²) in [6, 6.07) is 5.82. The van der Waals surface area contributed by atoms with Crippen molar-refractivity contribution in [1.29, 1.82) is 0 Å². The van der Waals surface area contributed by atoms with E-state index in [1.54, 1.807) is 23.9 Å². The van der Waals surface area contributed by atoms with Gasteiger partial charge in [0.15, 0.2) is 11.5 Å². The van der Waals surface area contributed by atoms with Crippen LogP contribution in [-0.4, -0.2) is 48.0 Å². The van der Waals surface area contributed by atoms with Gasteiger partial charge in [0.25, 0.3) is 0 Å². The lowest BCUT2D eigenvalue weighted by Crippen LogP contribution is -2.22. The highest BCUT2D eigenvalue weighted by Gasteiger charge is 2.17. The fourth-order valence-electron chi connectivity index (χ4n) is 2.16. The number of hydrogen-bond acceptors (Lipinski definition) is 9. The maximum absolute atomic E-state index is 13.8. The van der Waals surface area contributed by atoms with E-state index in [1.165, 1.54) is 18.2 Å². The number of hydroxylamine groups is 1. The van der Waals surface area contributed by atoms with Gasteiger partial charge >= 0.3 is 0 Å². The second-order valence-electron chi connectivity index (χ2n) is 5.49. The number of anilines is 1. The molecule has 11 nitrogen and oxygen atoms in total. The third-order valence-corrected chi connectivity index (χ3v) is 3.52. The molecule has 0 spiro atoms. The first kappa shape index (κ1) is 18.4. The van der Waals surface area contributed by atoms with E-state index in [2.05, 4.69) is 35.6 Å². The molecule has 0 aliphatic rings. The van der Waals surface area contributed by atoms with Crippen LogP contribution >= 0.6 is 0 Å². The number of aliphatic hydroxyl groups excluding tert-OH is 1. The van der Waals surface area contributed by atoms with Crippen LogP contribution in [-0.2, 0) is 6.54 Å². The molecule has 27 heavy (non-hydrogen) atoms. The van der Waals surface area contributed by atoms with Crippen LogP contribution in [0.25, 0.3) is 0 Å². The van der Waals surface area contributed by atoms with Gasteiger partial charge in [0.2, 0.25) is 5.82 Å². The summed E-state index contributed by atoms with van der Waals surface area (Å²) >= 11 is 0. The second-order valence-corrected chi connectivity index (χ2v) is 5.49. The van der Waals surface area contributed by atoms with Crippen LogP contribution in [0, 0.1) is 5.82 Å². The quantitative estimate of drug-likeness (QED) is 0.269. The van der Waals surface area contributed by atoms with E-state index >= 15 is 0 Å². The van der Waals surface area contributed by atoms with Crippen molar-refractivity contribution in [1.82, 2.24) is 30.8 Å². The van der Waals surface area contributed by atoms with E-state index in [1.807, 2.05) is 5.48 Å². The van der Waals surface area contributed by atoms with Crippen molar-refractivity contribution < 1.29 is 19.3 Å². The third kappa shape index (κ3) is 4.43. The van der Waals surface area contributed by atoms with Crippen LogP contribution in [0.3, 0.4) is 0 Å². The minimum atomic E-state index is -0.703. The molecule has 1 unspecified atom stereocenters. The molecular weight excluding hydrogens is 359 g/mol. The van der Waals surface area contributed by atoms with E-state index in [4.69, 9.17) is 0 Å². The first-order chi connectivity index (χ1) is 13.1. The van der Waals surface area contributed by atoms with Crippen molar-refractivity contribution in [3.63, 3.8) is 0 Å². The number of amidine groups is 1. The largest absolute Gasteiger partial charge is 0.387 e. The Morgan fingerprint density at radius 3 is 2.89 bits per heavy atom. The van der Waals surface area contributed by atoms with Gasteiger partial charge in [0.05, 0.1) is 18.8 Å². The molecule has 0 amide bonds. The Hall–Kier alpha value is -3.38. The van der Waals surface area contributed by atoms with Gasteiger partial charge in [0.1, 0.15) is 17.2 Å². The van der Waals surface area contributed by atoms with E-state index in [0.717, 1.165) is 0 Å². The summed E-state index contributed by atoms with van der Waals surface area (Å²) in [6.07, 6.45) is 0.917. The SMILES string of the molecule is CC(O)c1cn(CCNc2nonc2C(=Nc2ccccc2F)NO)nn1. The molecule has 142 valence electrons. The average molecular weight is 376 g/mol. The lowest BCUT2D eigenvalue weighted by molar-refractivity contribution is 0.194. The number of para-hydroxylation sites is 1. The monoisotopic (exact) mass is 376 g/mol. The van der Waals surface area contributed by atoms with Crippen LogP contribution in [0.15, 0.2) is 40.1 Å². The minimum absolute atomic E-state index is 0.0104. The molecule has 3 aromatic rings. The van der Waals surface area contributed by atoms with Gasteiger partial charge in [-0.2, -0.15) is 0 Å². The van der Waals surface area contributed by atoms with Crippen molar-refractivity contribution in [3.05, 3.63) is 47.7 Å². The summed E-state index contributed by atoms with van der Waals surface area (Å²) in [4.78, 5) is 3.99. The molecule has 2 aromatic heterocycles. The molecule has 0 radical (unpaired) electrons. The van der Waals surface area contributed by atoms with Crippen LogP contribution in [0.5, 0.6) is 0 Å². The minimum Gasteiger partial charge on any atom is -0.387 e. The van der Waals surface area contributed by atoms with Crippen LogP contribution in [0.2, 0.25) is 0 Å². The van der Waals surface area contributed by atoms with E-state index in [-0.39, 0.29) is 23.0 Å². The van der Waals surface area contributed by atoms with Gasteiger partial charge in [-0.15, -0.1) is 5.10 Å². The van der Waals surface area contributed by atoms with Gasteiger partial charge < -0.3 is 10.4 Å². The number of halogens is 1. The maximum Gasteiger partial charge on any atom is 0.202 e. The van der Waals surface area contributed by atoms with Gasteiger partial charge in [-0.3, -0.25) is 15.4 Å². The van der Waals surface area contributed by atoms with Crippen LogP contribution in [0.4, 0.5) is 15.9 Å². The topological polar surface area (TPSA) is 147 Å². The molecule has 2 heterocycles. The number of rotatable bonds is 7. The lowest BCUT2D eigenvalue weighted by Gasteiger charge is -2.06. The fourth-order valence-corrected chi connectivity index (χ4v) is 2.16. The highest BCUT2D eigenvalue weighted by atomic mass is 19.1. The lowest BCUT2D eigenvalue weighted by atomic mass is 10.3. The zero-order chi connectivity index (χ0) is 19.2. The zero-order valence-electron chi connectivity index (χ0n) is 14.2. The predicted molar refractivity (Wildman–Crippen MR) is 91.0 cm³/mol. The Morgan fingerprint density at radius 2 is 2.19 bits per heavy atom. The van der Waals surface area contributed by atoms with Crippen molar-refractivity contribution in [2.75, 3.05) is 11.9 Å². The molecule has 4 N–H and O–H groups in total. The molecule has 0 fully saturated rings. The highest BCUT2D eigenvalue weighted by Crippen LogP contribution is 2.19. The van der Waals surface area contributed by atoms with Gasteiger partial charge in [-0.25, -0.2) is 14.0 Å². The molecule has 0 saturated heterocycles. The number of nitrogens with one attached hydrogen (secondary N) is 2. The Labute approximate surface area is 152 Å². The van der Waals surface area contributed by atoms with E-state index in [0.29, 0.717) is 18.8 Å². The third-order valence-electron chi connectivity index (χ3n) is 3.52. The summed E-state index contributed by atoms with van der Waals surface area (Å²) in [6.45, 7) is 2.37. The fraction of sp³-hybridized carbons (Fsp3) is 0.267. The second kappa shape index (κ2) is 8.33. The van der Waals surface area contributed by atoms with Gasteiger partial charge in [0, 0.05) is 6.54 Å². The van der Waals surface area contributed by atoms with Crippen molar-refractivity contribution in [3.8, 4) is 0 Å². The predicted octanol–water partition coefficient (Wildman–Crippen LogP) is 1.02. The maximum atomic E-state index is 13.8. The summed E-state index contributed by atoms with van der Waals surface area (Å²) in [7, 11) is 0. The number of aliphatic imine (C=N–C) groups is 1. The molecular formula is C15H17FN8O3. The van der Waals surface area contributed by atoms with E-state index < -0.39 is 11.9 Å². The van der Waals surface area contributed by atoms with Crippen molar-refractivity contribution in [2.45, 2.75) is 19.6 Å². The smallest absolute Gasteiger partial charge is 0.202 e. The summed E-state index contributed by atoms with van der Waals surface area (Å²) in [5.41, 5.74) is 2.41. The first-order valence-electron chi connectivity index (χ1n) is 7.96. The van der Waals surface area contributed by atoms with Gasteiger partial charge in [-0.1, -0.05) is 17.3 Å². The molecule has 1 atom stereocenters. The van der Waals surface area contributed by atoms with Crippen molar-refractivity contribution >= 4 is 17.3 Å². The first-order valence-corrected chi connectivity index (χ1v) is 7.96. The van der Waals surface area contributed by atoms with Crippen molar-refractivity contribution in [2.24, 2.45) is 4.99 Å². The number of aliphatic hydroxyl groups is 1. The molecule has 0 saturated carbocycles. The summed E-state index contributed by atoms with van der Waals surface area (Å²) in [5.74, 6) is -0.500. The van der Waals surface area contributed by atoms with Gasteiger partial charge in [-0.05, 0) is 29.4 Å². The Kier molecular flexibility index (Phi) is 5.68.